The van der Waals surface area contributed by atoms with E-state index in [0.29, 0.717) is 6.42 Å². The van der Waals surface area contributed by atoms with Gasteiger partial charge in [0.15, 0.2) is 0 Å². The first-order valence-corrected chi connectivity index (χ1v) is 9.97. The second-order valence-corrected chi connectivity index (χ2v) is 6.53. The average Bonchev–Trinajstić information content (AvgIpc) is 2.62. The first-order chi connectivity index (χ1) is 12.2. The van der Waals surface area contributed by atoms with Gasteiger partial charge in [-0.05, 0) is 32.1 Å². The predicted octanol–water partition coefficient (Wildman–Crippen LogP) is 4.70. The van der Waals surface area contributed by atoms with Gasteiger partial charge in [-0.3, -0.25) is 4.79 Å². The number of hydrogen-bond donors (Lipinski definition) is 2. The maximum atomic E-state index is 11.4. The van der Waals surface area contributed by atoms with Crippen LogP contribution in [0.15, 0.2) is 24.3 Å². The molecule has 1 unspecified atom stereocenters. The van der Waals surface area contributed by atoms with Gasteiger partial charge in [0, 0.05) is 6.42 Å². The summed E-state index contributed by atoms with van der Waals surface area (Å²) in [7, 11) is 0. The van der Waals surface area contributed by atoms with Gasteiger partial charge in [0.2, 0.25) is 0 Å². The smallest absolute Gasteiger partial charge is 0.305 e. The van der Waals surface area contributed by atoms with E-state index >= 15 is 0 Å². The molecule has 2 N–H and O–H groups in total. The molecular formula is C21H38O4. The zero-order valence-electron chi connectivity index (χ0n) is 16.0. The second kappa shape index (κ2) is 19.2. The molecule has 1 atom stereocenters. The number of carbonyl (C=O) groups is 1. The largest absolute Gasteiger partial charge is 0.463 e. The molecule has 25 heavy (non-hydrogen) atoms. The zero-order chi connectivity index (χ0) is 18.6. The van der Waals surface area contributed by atoms with Crippen LogP contribution in [0.25, 0.3) is 0 Å². The zero-order valence-corrected chi connectivity index (χ0v) is 16.0. The van der Waals surface area contributed by atoms with Crippen LogP contribution in [0.2, 0.25) is 0 Å². The SMILES string of the molecule is CCCCCC/C=C/C=C\CCCCCCCC(=O)OCC(O)CO. The summed E-state index contributed by atoms with van der Waals surface area (Å²) >= 11 is 0. The van der Waals surface area contributed by atoms with Gasteiger partial charge >= 0.3 is 5.97 Å². The molecule has 0 heterocycles. The Labute approximate surface area is 154 Å². The van der Waals surface area contributed by atoms with Crippen molar-refractivity contribution >= 4 is 5.97 Å². The van der Waals surface area contributed by atoms with Crippen LogP contribution in [0, 0.1) is 0 Å². The van der Waals surface area contributed by atoms with Gasteiger partial charge < -0.3 is 14.9 Å². The Morgan fingerprint density at radius 3 is 2.08 bits per heavy atom. The minimum Gasteiger partial charge on any atom is -0.463 e. The Morgan fingerprint density at radius 2 is 1.48 bits per heavy atom. The van der Waals surface area contributed by atoms with E-state index in [2.05, 4.69) is 31.2 Å². The Morgan fingerprint density at radius 1 is 0.920 bits per heavy atom. The normalized spacial score (nSPS) is 12.9. The topological polar surface area (TPSA) is 66.8 Å². The first-order valence-electron chi connectivity index (χ1n) is 9.97. The van der Waals surface area contributed by atoms with Crippen molar-refractivity contribution in [1.29, 1.82) is 0 Å². The van der Waals surface area contributed by atoms with Gasteiger partial charge in [-0.2, -0.15) is 0 Å². The summed E-state index contributed by atoms with van der Waals surface area (Å²) in [5.74, 6) is -0.295. The van der Waals surface area contributed by atoms with Crippen LogP contribution in [-0.4, -0.2) is 35.5 Å². The van der Waals surface area contributed by atoms with Crippen molar-refractivity contribution < 1.29 is 19.7 Å². The van der Waals surface area contributed by atoms with Crippen LogP contribution in [0.4, 0.5) is 0 Å². The fourth-order valence-corrected chi connectivity index (χ4v) is 2.41. The van der Waals surface area contributed by atoms with Gasteiger partial charge in [-0.15, -0.1) is 0 Å². The molecule has 0 radical (unpaired) electrons. The van der Waals surface area contributed by atoms with Crippen molar-refractivity contribution in [2.75, 3.05) is 13.2 Å². The summed E-state index contributed by atoms with van der Waals surface area (Å²) in [4.78, 5) is 11.4. The number of esters is 1. The number of unbranched alkanes of at least 4 members (excludes halogenated alkanes) is 9. The summed E-state index contributed by atoms with van der Waals surface area (Å²) in [6.45, 7) is 1.74. The Hall–Kier alpha value is -1.13. The molecule has 0 amide bonds. The molecule has 0 aromatic rings. The average molecular weight is 355 g/mol. The van der Waals surface area contributed by atoms with Gasteiger partial charge in [0.05, 0.1) is 6.61 Å². The van der Waals surface area contributed by atoms with Crippen LogP contribution in [-0.2, 0) is 9.53 Å². The molecule has 0 aromatic heterocycles. The van der Waals surface area contributed by atoms with E-state index in [1.54, 1.807) is 0 Å². The third-order valence-corrected chi connectivity index (χ3v) is 4.01. The molecule has 4 heteroatoms. The maximum absolute atomic E-state index is 11.4. The highest BCUT2D eigenvalue weighted by atomic mass is 16.5. The van der Waals surface area contributed by atoms with Gasteiger partial charge in [-0.25, -0.2) is 0 Å². The fourth-order valence-electron chi connectivity index (χ4n) is 2.41. The number of aliphatic hydroxyl groups is 2. The third kappa shape index (κ3) is 19.0. The monoisotopic (exact) mass is 354 g/mol. The summed E-state index contributed by atoms with van der Waals surface area (Å²) in [5.41, 5.74) is 0. The van der Waals surface area contributed by atoms with E-state index in [1.807, 2.05) is 0 Å². The molecule has 0 aliphatic rings. The molecule has 0 aliphatic heterocycles. The second-order valence-electron chi connectivity index (χ2n) is 6.53. The Bertz CT molecular complexity index is 350. The molecule has 0 saturated heterocycles. The van der Waals surface area contributed by atoms with Crippen molar-refractivity contribution in [3.05, 3.63) is 24.3 Å². The lowest BCUT2D eigenvalue weighted by Crippen LogP contribution is -2.21. The van der Waals surface area contributed by atoms with Crippen LogP contribution in [0.3, 0.4) is 0 Å². The number of ether oxygens (including phenoxy) is 1. The lowest BCUT2D eigenvalue weighted by molar-refractivity contribution is -0.147. The van der Waals surface area contributed by atoms with E-state index in [0.717, 1.165) is 25.7 Å². The molecule has 4 nitrogen and oxygen atoms in total. The van der Waals surface area contributed by atoms with Gasteiger partial charge in [0.25, 0.3) is 0 Å². The van der Waals surface area contributed by atoms with Crippen molar-refractivity contribution in [2.45, 2.75) is 90.1 Å². The first kappa shape index (κ1) is 23.9. The van der Waals surface area contributed by atoms with E-state index in [1.165, 1.54) is 44.9 Å². The Kier molecular flexibility index (Phi) is 18.3. The maximum Gasteiger partial charge on any atom is 0.305 e. The summed E-state index contributed by atoms with van der Waals surface area (Å²) in [5, 5.41) is 17.7. The van der Waals surface area contributed by atoms with Crippen molar-refractivity contribution in [2.24, 2.45) is 0 Å². The molecule has 0 rings (SSSR count). The fraction of sp³-hybridized carbons (Fsp3) is 0.762. The summed E-state index contributed by atoms with van der Waals surface area (Å²) in [6, 6.07) is 0. The summed E-state index contributed by atoms with van der Waals surface area (Å²) < 4.78 is 4.85. The number of aliphatic hydroxyl groups excluding tert-OH is 2. The number of rotatable bonds is 17. The summed E-state index contributed by atoms with van der Waals surface area (Å²) in [6.07, 6.45) is 21.1. The van der Waals surface area contributed by atoms with E-state index < -0.39 is 6.10 Å². The molecule has 0 saturated carbocycles. The third-order valence-electron chi connectivity index (χ3n) is 4.01. The highest BCUT2D eigenvalue weighted by Gasteiger charge is 2.07. The lowest BCUT2D eigenvalue weighted by atomic mass is 10.1. The molecule has 0 aliphatic carbocycles. The Balaban J connectivity index is 3.31. The van der Waals surface area contributed by atoms with Gasteiger partial charge in [-0.1, -0.05) is 69.8 Å². The number of allylic oxidation sites excluding steroid dienone is 4. The van der Waals surface area contributed by atoms with Crippen LogP contribution in [0.5, 0.6) is 0 Å². The minimum absolute atomic E-state index is 0.116. The van der Waals surface area contributed by atoms with E-state index in [-0.39, 0.29) is 19.2 Å². The minimum atomic E-state index is -0.965. The quantitative estimate of drug-likeness (QED) is 0.226. The predicted molar refractivity (Wildman–Crippen MR) is 103 cm³/mol. The van der Waals surface area contributed by atoms with Crippen molar-refractivity contribution in [1.82, 2.24) is 0 Å². The standard InChI is InChI=1S/C21H38O4/c1-2-3-4-5-6-7-8-9-10-11-12-13-14-15-16-17-21(24)25-19-20(23)18-22/h7-10,20,22-23H,2-6,11-19H2,1H3/b8-7+,10-9-. The molecule has 0 spiro atoms. The number of hydrogen-bond acceptors (Lipinski definition) is 4. The van der Waals surface area contributed by atoms with Crippen molar-refractivity contribution in [3.63, 3.8) is 0 Å². The molecular weight excluding hydrogens is 316 g/mol. The van der Waals surface area contributed by atoms with E-state index in [9.17, 15) is 4.79 Å². The molecule has 0 fully saturated rings. The van der Waals surface area contributed by atoms with Crippen molar-refractivity contribution in [3.8, 4) is 0 Å². The molecule has 146 valence electrons. The lowest BCUT2D eigenvalue weighted by Gasteiger charge is -2.08. The highest BCUT2D eigenvalue weighted by Crippen LogP contribution is 2.08. The van der Waals surface area contributed by atoms with Gasteiger partial charge in [0.1, 0.15) is 12.7 Å². The molecule has 0 aromatic carbocycles. The highest BCUT2D eigenvalue weighted by molar-refractivity contribution is 5.69. The number of carbonyl (C=O) groups excluding carboxylic acids is 1. The van der Waals surface area contributed by atoms with E-state index in [4.69, 9.17) is 14.9 Å². The van der Waals surface area contributed by atoms with Crippen LogP contribution < -0.4 is 0 Å². The molecule has 0 bridgehead atoms. The van der Waals surface area contributed by atoms with Crippen LogP contribution in [0.1, 0.15) is 84.0 Å². The van der Waals surface area contributed by atoms with Crippen LogP contribution >= 0.6 is 0 Å².